The van der Waals surface area contributed by atoms with E-state index < -0.39 is 11.6 Å². The molecule has 1 aliphatic rings. The van der Waals surface area contributed by atoms with Gasteiger partial charge in [-0.25, -0.2) is 4.79 Å². The summed E-state index contributed by atoms with van der Waals surface area (Å²) in [6.45, 7) is 2.07. The van der Waals surface area contributed by atoms with Gasteiger partial charge < -0.3 is 10.1 Å². The summed E-state index contributed by atoms with van der Waals surface area (Å²) in [5, 5.41) is 3.33. The average Bonchev–Trinajstić information content (AvgIpc) is 2.79. The molecule has 1 aliphatic heterocycles. The van der Waals surface area contributed by atoms with Crippen LogP contribution in [0.1, 0.15) is 12.5 Å². The van der Waals surface area contributed by atoms with Gasteiger partial charge in [0.2, 0.25) is 0 Å². The molecule has 0 aliphatic carbocycles. The number of ether oxygens (including phenoxy) is 1. The number of halogens is 2. The summed E-state index contributed by atoms with van der Waals surface area (Å²) in [4.78, 5) is 26.2. The molecular formula is C18H16BrClN2O3. The highest BCUT2D eigenvalue weighted by Crippen LogP contribution is 2.29. The highest BCUT2D eigenvalue weighted by Gasteiger charge is 2.48. The van der Waals surface area contributed by atoms with Crippen LogP contribution in [0.3, 0.4) is 0 Å². The van der Waals surface area contributed by atoms with Crippen molar-refractivity contribution in [3.05, 3.63) is 63.6 Å². The second-order valence-corrected chi connectivity index (χ2v) is 7.18. The molecule has 1 saturated heterocycles. The fourth-order valence-electron chi connectivity index (χ4n) is 2.69. The van der Waals surface area contributed by atoms with Crippen LogP contribution in [-0.2, 0) is 10.3 Å². The molecule has 0 saturated carbocycles. The molecule has 1 unspecified atom stereocenters. The van der Waals surface area contributed by atoms with E-state index in [0.29, 0.717) is 16.3 Å². The summed E-state index contributed by atoms with van der Waals surface area (Å²) >= 11 is 9.26. The number of nitrogens with zero attached hydrogens (tertiary/aromatic N) is 1. The molecule has 2 aromatic carbocycles. The number of nitrogens with one attached hydrogen (secondary N) is 1. The highest BCUT2D eigenvalue weighted by molar-refractivity contribution is 9.10. The molecule has 1 heterocycles. The third-order valence-electron chi connectivity index (χ3n) is 4.08. The van der Waals surface area contributed by atoms with Crippen LogP contribution in [0.4, 0.5) is 4.79 Å². The van der Waals surface area contributed by atoms with Crippen LogP contribution in [0, 0.1) is 0 Å². The number of amides is 3. The highest BCUT2D eigenvalue weighted by atomic mass is 79.9. The second kappa shape index (κ2) is 7.06. The normalized spacial score (nSPS) is 19.9. The zero-order valence-corrected chi connectivity index (χ0v) is 15.8. The summed E-state index contributed by atoms with van der Waals surface area (Å²) in [7, 11) is 0. The molecule has 5 nitrogen and oxygen atoms in total. The largest absolute Gasteiger partial charge is 0.492 e. The number of hydrogen-bond acceptors (Lipinski definition) is 3. The monoisotopic (exact) mass is 422 g/mol. The molecule has 130 valence electrons. The van der Waals surface area contributed by atoms with Crippen molar-refractivity contribution in [1.29, 1.82) is 0 Å². The summed E-state index contributed by atoms with van der Waals surface area (Å²) < 4.78 is 6.51. The van der Waals surface area contributed by atoms with Gasteiger partial charge >= 0.3 is 6.03 Å². The van der Waals surface area contributed by atoms with E-state index in [1.165, 1.54) is 4.90 Å². The van der Waals surface area contributed by atoms with Crippen molar-refractivity contribution in [3.8, 4) is 5.75 Å². The Hall–Kier alpha value is -2.05. The van der Waals surface area contributed by atoms with E-state index in [1.807, 2.05) is 24.3 Å². The Balaban J connectivity index is 1.68. The summed E-state index contributed by atoms with van der Waals surface area (Å²) in [6.07, 6.45) is 0. The lowest BCUT2D eigenvalue weighted by Crippen LogP contribution is -2.41. The zero-order chi connectivity index (χ0) is 18.0. The number of rotatable bonds is 5. The van der Waals surface area contributed by atoms with E-state index in [0.717, 1.165) is 4.47 Å². The summed E-state index contributed by atoms with van der Waals surface area (Å²) in [5.41, 5.74) is -0.414. The van der Waals surface area contributed by atoms with Crippen LogP contribution < -0.4 is 10.1 Å². The van der Waals surface area contributed by atoms with Gasteiger partial charge in [-0.3, -0.25) is 9.69 Å². The van der Waals surface area contributed by atoms with Gasteiger partial charge in [0.05, 0.1) is 6.54 Å². The summed E-state index contributed by atoms with van der Waals surface area (Å²) in [6, 6.07) is 13.8. The number of imide groups is 1. The second-order valence-electron chi connectivity index (χ2n) is 5.82. The zero-order valence-electron chi connectivity index (χ0n) is 13.5. The molecule has 0 radical (unpaired) electrons. The van der Waals surface area contributed by atoms with Gasteiger partial charge in [-0.1, -0.05) is 45.7 Å². The van der Waals surface area contributed by atoms with Crippen LogP contribution in [-0.4, -0.2) is 30.0 Å². The van der Waals surface area contributed by atoms with Crippen molar-refractivity contribution in [3.63, 3.8) is 0 Å². The number of carbonyl (C=O) groups is 2. The number of hydrogen-bond donors (Lipinski definition) is 1. The van der Waals surface area contributed by atoms with E-state index in [-0.39, 0.29) is 19.1 Å². The molecule has 1 N–H and O–H groups in total. The van der Waals surface area contributed by atoms with E-state index in [1.54, 1.807) is 31.2 Å². The van der Waals surface area contributed by atoms with Crippen molar-refractivity contribution in [1.82, 2.24) is 10.2 Å². The molecule has 2 aromatic rings. The molecule has 0 aromatic heterocycles. The lowest BCUT2D eigenvalue weighted by atomic mass is 9.92. The standard InChI is InChI=1S/C18H16BrClN2O3/c1-18(12-5-7-14(20)8-6-12)16(23)22(17(24)21-18)9-10-25-15-4-2-3-13(19)11-15/h2-8,11H,9-10H2,1H3,(H,21,24). The van der Waals surface area contributed by atoms with Gasteiger partial charge in [-0.05, 0) is 42.8 Å². The predicted octanol–water partition coefficient (Wildman–Crippen LogP) is 3.95. The fourth-order valence-corrected chi connectivity index (χ4v) is 3.19. The SMILES string of the molecule is CC1(c2ccc(Cl)cc2)NC(=O)N(CCOc2cccc(Br)c2)C1=O. The van der Waals surface area contributed by atoms with Crippen LogP contribution in [0.2, 0.25) is 5.02 Å². The Morgan fingerprint density at radius 2 is 1.92 bits per heavy atom. The molecular weight excluding hydrogens is 408 g/mol. The van der Waals surface area contributed by atoms with Gasteiger partial charge in [0.25, 0.3) is 5.91 Å². The first-order valence-electron chi connectivity index (χ1n) is 7.69. The van der Waals surface area contributed by atoms with Gasteiger partial charge in [0.15, 0.2) is 0 Å². The van der Waals surface area contributed by atoms with Crippen LogP contribution in [0.5, 0.6) is 5.75 Å². The van der Waals surface area contributed by atoms with E-state index in [9.17, 15) is 9.59 Å². The lowest BCUT2D eigenvalue weighted by Gasteiger charge is -2.22. The Kier molecular flexibility index (Phi) is 5.01. The Morgan fingerprint density at radius 3 is 2.60 bits per heavy atom. The first-order valence-corrected chi connectivity index (χ1v) is 8.86. The van der Waals surface area contributed by atoms with E-state index in [4.69, 9.17) is 16.3 Å². The predicted molar refractivity (Wildman–Crippen MR) is 98.7 cm³/mol. The third kappa shape index (κ3) is 3.65. The molecule has 0 spiro atoms. The quantitative estimate of drug-likeness (QED) is 0.741. The molecule has 1 atom stereocenters. The van der Waals surface area contributed by atoms with E-state index >= 15 is 0 Å². The number of carbonyl (C=O) groups excluding carboxylic acids is 2. The molecule has 3 rings (SSSR count). The van der Waals surface area contributed by atoms with Crippen LogP contribution >= 0.6 is 27.5 Å². The minimum atomic E-state index is -1.10. The first-order chi connectivity index (χ1) is 11.9. The molecule has 0 bridgehead atoms. The number of urea groups is 1. The van der Waals surface area contributed by atoms with Gasteiger partial charge in [-0.2, -0.15) is 0 Å². The summed E-state index contributed by atoms with van der Waals surface area (Å²) in [5.74, 6) is 0.361. The third-order valence-corrected chi connectivity index (χ3v) is 4.82. The Bertz CT molecular complexity index is 812. The Labute approximate surface area is 159 Å². The molecule has 7 heteroatoms. The van der Waals surface area contributed by atoms with Gasteiger partial charge in [0.1, 0.15) is 17.9 Å². The van der Waals surface area contributed by atoms with Crippen molar-refractivity contribution in [2.75, 3.05) is 13.2 Å². The van der Waals surface area contributed by atoms with Crippen LogP contribution in [0.25, 0.3) is 0 Å². The lowest BCUT2D eigenvalue weighted by molar-refractivity contribution is -0.131. The maximum absolute atomic E-state index is 12.8. The van der Waals surface area contributed by atoms with Crippen molar-refractivity contribution >= 4 is 39.5 Å². The fraction of sp³-hybridized carbons (Fsp3) is 0.222. The van der Waals surface area contributed by atoms with Crippen molar-refractivity contribution in [2.24, 2.45) is 0 Å². The molecule has 1 fully saturated rings. The number of benzene rings is 2. The smallest absolute Gasteiger partial charge is 0.325 e. The van der Waals surface area contributed by atoms with Gasteiger partial charge in [0, 0.05) is 9.50 Å². The van der Waals surface area contributed by atoms with Gasteiger partial charge in [-0.15, -0.1) is 0 Å². The maximum atomic E-state index is 12.8. The molecule has 25 heavy (non-hydrogen) atoms. The van der Waals surface area contributed by atoms with Crippen molar-refractivity contribution in [2.45, 2.75) is 12.5 Å². The first kappa shape index (κ1) is 17.8. The topological polar surface area (TPSA) is 58.6 Å². The molecule has 3 amide bonds. The minimum Gasteiger partial charge on any atom is -0.492 e. The van der Waals surface area contributed by atoms with Crippen molar-refractivity contribution < 1.29 is 14.3 Å². The maximum Gasteiger partial charge on any atom is 0.325 e. The minimum absolute atomic E-state index is 0.167. The Morgan fingerprint density at radius 1 is 1.20 bits per heavy atom. The van der Waals surface area contributed by atoms with Crippen LogP contribution in [0.15, 0.2) is 53.0 Å². The van der Waals surface area contributed by atoms with E-state index in [2.05, 4.69) is 21.2 Å². The average molecular weight is 424 g/mol.